The van der Waals surface area contributed by atoms with Gasteiger partial charge in [-0.3, -0.25) is 9.69 Å². The van der Waals surface area contributed by atoms with Crippen LogP contribution >= 0.6 is 43.6 Å². The van der Waals surface area contributed by atoms with E-state index in [1.54, 1.807) is 4.90 Å². The molecule has 0 spiro atoms. The van der Waals surface area contributed by atoms with Crippen LogP contribution in [0.1, 0.15) is 17.0 Å². The molecular weight excluding hydrogens is 586 g/mol. The van der Waals surface area contributed by atoms with E-state index in [0.717, 1.165) is 43.0 Å². The van der Waals surface area contributed by atoms with Gasteiger partial charge in [-0.25, -0.2) is 4.99 Å². The molecule has 4 nitrogen and oxygen atoms in total. The largest absolute Gasteiger partial charge is 0.317 e. The Hall–Kier alpha value is -2.87. The molecule has 1 amide bonds. The van der Waals surface area contributed by atoms with Crippen molar-refractivity contribution in [3.63, 3.8) is 0 Å². The molecule has 0 bridgehead atoms. The van der Waals surface area contributed by atoms with E-state index in [2.05, 4.69) is 62.4 Å². The summed E-state index contributed by atoms with van der Waals surface area (Å²) >= 11 is 8.68. The normalized spacial score (nSPS) is 16.0. The lowest BCUT2D eigenvalue weighted by Gasteiger charge is -2.15. The predicted octanol–water partition coefficient (Wildman–Crippen LogP) is 8.43. The predicted molar refractivity (Wildman–Crippen MR) is 154 cm³/mol. The van der Waals surface area contributed by atoms with Crippen LogP contribution in [0.2, 0.25) is 0 Å². The third-order valence-electron chi connectivity index (χ3n) is 5.78. The molecule has 1 saturated heterocycles. The summed E-state index contributed by atoms with van der Waals surface area (Å²) in [5, 5.41) is 0.636. The molecule has 1 aromatic heterocycles. The lowest BCUT2D eigenvalue weighted by atomic mass is 10.2. The van der Waals surface area contributed by atoms with E-state index in [4.69, 9.17) is 4.99 Å². The molecule has 0 saturated carbocycles. The molecule has 0 unspecified atom stereocenters. The highest BCUT2D eigenvalue weighted by atomic mass is 79.9. The number of carbonyl (C=O) groups is 1. The molecule has 0 atom stereocenters. The second-order valence-electron chi connectivity index (χ2n) is 8.03. The molecule has 35 heavy (non-hydrogen) atoms. The van der Waals surface area contributed by atoms with Gasteiger partial charge in [0.2, 0.25) is 0 Å². The van der Waals surface area contributed by atoms with Crippen LogP contribution in [0.4, 0.5) is 11.4 Å². The minimum atomic E-state index is -0.0868. The number of carbonyl (C=O) groups excluding carboxylic acids is 1. The summed E-state index contributed by atoms with van der Waals surface area (Å²) in [6.45, 7) is 4.15. The number of amides is 1. The number of aromatic nitrogens is 1. The smallest absolute Gasteiger partial charge is 0.271 e. The minimum Gasteiger partial charge on any atom is -0.317 e. The van der Waals surface area contributed by atoms with E-state index >= 15 is 0 Å². The minimum absolute atomic E-state index is 0.0868. The van der Waals surface area contributed by atoms with E-state index in [1.807, 2.05) is 78.9 Å². The Kier molecular flexibility index (Phi) is 6.82. The van der Waals surface area contributed by atoms with Gasteiger partial charge in [0.15, 0.2) is 5.17 Å². The van der Waals surface area contributed by atoms with Crippen LogP contribution in [0.25, 0.3) is 11.8 Å². The first-order chi connectivity index (χ1) is 16.9. The van der Waals surface area contributed by atoms with E-state index in [0.29, 0.717) is 10.1 Å². The van der Waals surface area contributed by atoms with E-state index in [9.17, 15) is 4.79 Å². The average molecular weight is 607 g/mol. The molecule has 1 aliphatic rings. The van der Waals surface area contributed by atoms with Gasteiger partial charge in [0.1, 0.15) is 0 Å². The number of hydrogen-bond donors (Lipinski definition) is 0. The lowest BCUT2D eigenvalue weighted by molar-refractivity contribution is -0.113. The van der Waals surface area contributed by atoms with Crippen molar-refractivity contribution in [2.75, 3.05) is 4.90 Å². The van der Waals surface area contributed by atoms with E-state index in [1.165, 1.54) is 11.8 Å². The summed E-state index contributed by atoms with van der Waals surface area (Å²) in [5.41, 5.74) is 5.77. The zero-order valence-electron chi connectivity index (χ0n) is 19.1. The monoisotopic (exact) mass is 605 g/mol. The SMILES string of the molecule is Cc1c(Br)c(/C=C2\SC(=Nc3ccccc3)N(c3ccccc3)C2=O)c(C)n1-c1ccc(Br)cc1. The van der Waals surface area contributed by atoms with Crippen molar-refractivity contribution in [2.24, 2.45) is 4.99 Å². The molecule has 1 fully saturated rings. The lowest BCUT2D eigenvalue weighted by Crippen LogP contribution is -2.28. The van der Waals surface area contributed by atoms with Crippen LogP contribution in [-0.2, 0) is 4.79 Å². The Labute approximate surface area is 225 Å². The van der Waals surface area contributed by atoms with Gasteiger partial charge in [-0.05, 0) is 96.1 Å². The Balaban J connectivity index is 1.60. The Morgan fingerprint density at radius 1 is 0.800 bits per heavy atom. The molecule has 4 aromatic rings. The zero-order chi connectivity index (χ0) is 24.5. The maximum absolute atomic E-state index is 13.7. The first kappa shape index (κ1) is 23.9. The molecule has 2 heterocycles. The zero-order valence-corrected chi connectivity index (χ0v) is 23.1. The summed E-state index contributed by atoms with van der Waals surface area (Å²) < 4.78 is 4.20. The highest BCUT2D eigenvalue weighted by Crippen LogP contribution is 2.40. The van der Waals surface area contributed by atoms with Crippen molar-refractivity contribution in [1.29, 1.82) is 0 Å². The highest BCUT2D eigenvalue weighted by Gasteiger charge is 2.35. The molecule has 174 valence electrons. The Morgan fingerprint density at radius 3 is 2.09 bits per heavy atom. The number of aliphatic imine (C=N–C) groups is 1. The summed E-state index contributed by atoms with van der Waals surface area (Å²) in [7, 11) is 0. The third kappa shape index (κ3) is 4.68. The van der Waals surface area contributed by atoms with E-state index in [-0.39, 0.29) is 5.91 Å². The summed E-state index contributed by atoms with van der Waals surface area (Å²) in [6, 6.07) is 27.6. The first-order valence-corrected chi connectivity index (χ1v) is 13.4. The number of benzene rings is 3. The molecule has 3 aromatic carbocycles. The van der Waals surface area contributed by atoms with Gasteiger partial charge in [-0.1, -0.05) is 52.3 Å². The quantitative estimate of drug-likeness (QED) is 0.219. The van der Waals surface area contributed by atoms with Gasteiger partial charge >= 0.3 is 0 Å². The van der Waals surface area contributed by atoms with Crippen molar-refractivity contribution in [1.82, 2.24) is 4.57 Å². The molecule has 0 radical (unpaired) electrons. The van der Waals surface area contributed by atoms with Gasteiger partial charge in [-0.15, -0.1) is 0 Å². The standard InChI is InChI=1S/C28H21Br2N3OS/c1-18-24(26(30)19(2)32(18)23-15-13-20(29)14-16-23)17-25-27(34)33(22-11-7-4-8-12-22)28(35-25)31-21-9-5-3-6-10-21/h3-17H,1-2H3/b25-17-,31-28?. The van der Waals surface area contributed by atoms with Crippen molar-refractivity contribution >= 4 is 72.1 Å². The average Bonchev–Trinajstić information content (AvgIpc) is 3.28. The molecule has 1 aliphatic heterocycles. The number of halogens is 2. The fourth-order valence-corrected chi connectivity index (χ4v) is 5.89. The fourth-order valence-electron chi connectivity index (χ4n) is 4.07. The number of nitrogens with zero attached hydrogens (tertiary/aromatic N) is 3. The van der Waals surface area contributed by atoms with Crippen LogP contribution in [-0.4, -0.2) is 15.6 Å². The highest BCUT2D eigenvalue weighted by molar-refractivity contribution is 9.10. The number of amidine groups is 1. The third-order valence-corrected chi connectivity index (χ3v) is 8.28. The maximum atomic E-state index is 13.7. The van der Waals surface area contributed by atoms with Gasteiger partial charge in [0.05, 0.1) is 16.3 Å². The van der Waals surface area contributed by atoms with Crippen molar-refractivity contribution < 1.29 is 4.79 Å². The van der Waals surface area contributed by atoms with Crippen molar-refractivity contribution in [3.8, 4) is 5.69 Å². The first-order valence-electron chi connectivity index (χ1n) is 11.0. The summed E-state index contributed by atoms with van der Waals surface area (Å²) in [5.74, 6) is -0.0868. The molecule has 5 rings (SSSR count). The van der Waals surface area contributed by atoms with Crippen LogP contribution in [0.3, 0.4) is 0 Å². The summed E-state index contributed by atoms with van der Waals surface area (Å²) in [6.07, 6.45) is 1.97. The van der Waals surface area contributed by atoms with Crippen molar-refractivity contribution in [3.05, 3.63) is 116 Å². The van der Waals surface area contributed by atoms with Crippen LogP contribution in [0, 0.1) is 13.8 Å². The Morgan fingerprint density at radius 2 is 1.43 bits per heavy atom. The van der Waals surface area contributed by atoms with Crippen LogP contribution < -0.4 is 4.90 Å². The number of anilines is 1. The topological polar surface area (TPSA) is 37.6 Å². The van der Waals surface area contributed by atoms with Crippen molar-refractivity contribution in [2.45, 2.75) is 13.8 Å². The summed E-state index contributed by atoms with van der Waals surface area (Å²) in [4.78, 5) is 20.8. The van der Waals surface area contributed by atoms with Crippen LogP contribution in [0.5, 0.6) is 0 Å². The number of para-hydroxylation sites is 2. The molecule has 0 aliphatic carbocycles. The number of hydrogen-bond acceptors (Lipinski definition) is 3. The number of rotatable bonds is 4. The fraction of sp³-hybridized carbons (Fsp3) is 0.0714. The van der Waals surface area contributed by atoms with Gasteiger partial charge in [0.25, 0.3) is 5.91 Å². The number of thioether (sulfide) groups is 1. The molecule has 0 N–H and O–H groups in total. The van der Waals surface area contributed by atoms with E-state index < -0.39 is 0 Å². The maximum Gasteiger partial charge on any atom is 0.271 e. The second kappa shape index (κ2) is 10.0. The van der Waals surface area contributed by atoms with Gasteiger partial charge in [0, 0.05) is 31.6 Å². The second-order valence-corrected chi connectivity index (χ2v) is 10.7. The van der Waals surface area contributed by atoms with Gasteiger partial charge < -0.3 is 4.57 Å². The molecular formula is C28H21Br2N3OS. The Bertz CT molecular complexity index is 1460. The molecule has 7 heteroatoms. The van der Waals surface area contributed by atoms with Gasteiger partial charge in [-0.2, -0.15) is 0 Å². The van der Waals surface area contributed by atoms with Crippen LogP contribution in [0.15, 0.2) is 104 Å².